The van der Waals surface area contributed by atoms with Crippen LogP contribution in [-0.4, -0.2) is 41.0 Å². The molecule has 0 unspecified atom stereocenters. The van der Waals surface area contributed by atoms with Crippen LogP contribution in [0.1, 0.15) is 10.4 Å². The number of benzene rings is 2. The van der Waals surface area contributed by atoms with Gasteiger partial charge in [-0.1, -0.05) is 36.4 Å². The minimum atomic E-state index is -0.581. The Morgan fingerprint density at radius 3 is 2.55 bits per heavy atom. The Morgan fingerprint density at radius 1 is 0.825 bits per heavy atom. The van der Waals surface area contributed by atoms with Crippen molar-refractivity contribution < 1.29 is 9.18 Å². The van der Waals surface area contributed by atoms with E-state index in [4.69, 9.17) is 4.98 Å². The summed E-state index contributed by atoms with van der Waals surface area (Å²) in [4.78, 5) is 33.4. The lowest BCUT2D eigenvalue weighted by Gasteiger charge is -2.08. The van der Waals surface area contributed by atoms with E-state index in [1.807, 2.05) is 36.4 Å². The molecule has 0 atom stereocenters. The van der Waals surface area contributed by atoms with Crippen molar-refractivity contribution in [3.63, 3.8) is 0 Å². The van der Waals surface area contributed by atoms with Crippen LogP contribution in [-0.2, 0) is 0 Å². The number of H-pyrrole nitrogens is 2. The Kier molecular flexibility index (Phi) is 5.56. The number of hydrogen-bond acceptors (Lipinski definition) is 6. The zero-order valence-electron chi connectivity index (χ0n) is 20.8. The van der Waals surface area contributed by atoms with Crippen LogP contribution < -0.4 is 5.32 Å². The van der Waals surface area contributed by atoms with Gasteiger partial charge in [0.1, 0.15) is 11.4 Å². The number of imidazole rings is 1. The van der Waals surface area contributed by atoms with Crippen molar-refractivity contribution in [2.45, 2.75) is 0 Å². The number of rotatable bonds is 5. The van der Waals surface area contributed by atoms with Crippen molar-refractivity contribution in [3.05, 3.63) is 109 Å². The summed E-state index contributed by atoms with van der Waals surface area (Å²) in [6.45, 7) is 0. The first kappa shape index (κ1) is 23.4. The van der Waals surface area contributed by atoms with Crippen molar-refractivity contribution in [3.8, 4) is 33.9 Å². The molecule has 0 aliphatic carbocycles. The van der Waals surface area contributed by atoms with Gasteiger partial charge in [0.2, 0.25) is 0 Å². The van der Waals surface area contributed by atoms with Gasteiger partial charge < -0.3 is 10.3 Å². The molecule has 1 amide bonds. The van der Waals surface area contributed by atoms with Crippen molar-refractivity contribution >= 4 is 33.5 Å². The molecule has 0 spiro atoms. The fourth-order valence-electron chi connectivity index (χ4n) is 4.68. The highest BCUT2D eigenvalue weighted by Crippen LogP contribution is 2.34. The number of amides is 1. The van der Waals surface area contributed by atoms with E-state index >= 15 is 4.39 Å². The standard InChI is InChI=1S/C30H19FN8O/c31-25-24-23(16-34-26(25)19-12-20(15-33-14-19)35-30(40)17-6-2-1-3-7-17)38-39-28(24)29-36-22-10-4-9-21(27(22)37-29)18-8-5-11-32-13-18/h1-16H,(H,35,40)(H,36,37)(H,38,39). The Hall–Kier alpha value is -5.77. The first-order valence-corrected chi connectivity index (χ1v) is 12.4. The van der Waals surface area contributed by atoms with E-state index < -0.39 is 5.82 Å². The van der Waals surface area contributed by atoms with Crippen LogP contribution in [0, 0.1) is 5.82 Å². The Morgan fingerprint density at radius 2 is 1.70 bits per heavy atom. The summed E-state index contributed by atoms with van der Waals surface area (Å²) in [5.74, 6) is -0.464. The predicted molar refractivity (Wildman–Crippen MR) is 150 cm³/mol. The summed E-state index contributed by atoms with van der Waals surface area (Å²) < 4.78 is 16.1. The normalized spacial score (nSPS) is 11.2. The van der Waals surface area contributed by atoms with Gasteiger partial charge in [0.15, 0.2) is 11.6 Å². The van der Waals surface area contributed by atoms with E-state index in [0.29, 0.717) is 33.8 Å². The molecule has 0 aliphatic heterocycles. The molecule has 9 nitrogen and oxygen atoms in total. The monoisotopic (exact) mass is 526 g/mol. The molecule has 40 heavy (non-hydrogen) atoms. The van der Waals surface area contributed by atoms with Crippen molar-refractivity contribution in [1.29, 1.82) is 0 Å². The maximum atomic E-state index is 16.1. The van der Waals surface area contributed by atoms with Gasteiger partial charge in [-0.05, 0) is 30.3 Å². The summed E-state index contributed by atoms with van der Waals surface area (Å²) in [7, 11) is 0. The van der Waals surface area contributed by atoms with E-state index in [1.165, 1.54) is 18.6 Å². The van der Waals surface area contributed by atoms with Gasteiger partial charge in [0.05, 0.1) is 40.0 Å². The summed E-state index contributed by atoms with van der Waals surface area (Å²) in [5.41, 5.74) is 5.47. The average molecular weight is 527 g/mol. The fourth-order valence-corrected chi connectivity index (χ4v) is 4.68. The first-order valence-electron chi connectivity index (χ1n) is 12.4. The minimum absolute atomic E-state index is 0.0746. The highest BCUT2D eigenvalue weighted by molar-refractivity contribution is 6.04. The molecule has 2 aromatic carbocycles. The van der Waals surface area contributed by atoms with Gasteiger partial charge in [0, 0.05) is 40.8 Å². The molecular weight excluding hydrogens is 507 g/mol. The predicted octanol–water partition coefficient (Wildman–Crippen LogP) is 6.02. The van der Waals surface area contributed by atoms with Gasteiger partial charge in [0.25, 0.3) is 5.91 Å². The lowest BCUT2D eigenvalue weighted by molar-refractivity contribution is 0.102. The molecule has 0 radical (unpaired) electrons. The second-order valence-electron chi connectivity index (χ2n) is 9.09. The third-order valence-electron chi connectivity index (χ3n) is 6.56. The lowest BCUT2D eigenvalue weighted by atomic mass is 10.1. The van der Waals surface area contributed by atoms with Crippen LogP contribution in [0.25, 0.3) is 55.8 Å². The number of aromatic nitrogens is 7. The SMILES string of the molecule is O=C(Nc1cncc(-c2ncc3[nH]nc(-c4nc5c(-c6cccnc6)cccc5[nH]4)c3c2F)c1)c1ccccc1. The van der Waals surface area contributed by atoms with Crippen molar-refractivity contribution in [1.82, 2.24) is 35.1 Å². The molecule has 7 aromatic rings. The van der Waals surface area contributed by atoms with Crippen LogP contribution in [0.5, 0.6) is 0 Å². The molecule has 0 saturated heterocycles. The van der Waals surface area contributed by atoms with Gasteiger partial charge in [-0.15, -0.1) is 0 Å². The molecule has 7 rings (SSSR count). The zero-order valence-corrected chi connectivity index (χ0v) is 20.8. The summed E-state index contributed by atoms with van der Waals surface area (Å²) in [6, 6.07) is 20.1. The number of fused-ring (bicyclic) bond motifs is 2. The number of halogens is 1. The highest BCUT2D eigenvalue weighted by Gasteiger charge is 2.21. The number of pyridine rings is 3. The molecule has 0 bridgehead atoms. The maximum absolute atomic E-state index is 16.1. The first-order chi connectivity index (χ1) is 19.7. The maximum Gasteiger partial charge on any atom is 0.255 e. The Labute approximate surface area is 226 Å². The van der Waals surface area contributed by atoms with Crippen LogP contribution in [0.4, 0.5) is 10.1 Å². The Bertz CT molecular complexity index is 2020. The molecule has 10 heteroatoms. The topological polar surface area (TPSA) is 125 Å². The second-order valence-corrected chi connectivity index (χ2v) is 9.09. The van der Waals surface area contributed by atoms with Crippen LogP contribution in [0.3, 0.4) is 0 Å². The number of carbonyl (C=O) groups is 1. The van der Waals surface area contributed by atoms with E-state index in [2.05, 4.69) is 35.5 Å². The van der Waals surface area contributed by atoms with E-state index in [0.717, 1.165) is 22.2 Å². The molecule has 192 valence electrons. The number of para-hydroxylation sites is 1. The third-order valence-corrected chi connectivity index (χ3v) is 6.56. The average Bonchev–Trinajstić information content (AvgIpc) is 3.63. The van der Waals surface area contributed by atoms with Crippen molar-refractivity contribution in [2.24, 2.45) is 0 Å². The quantitative estimate of drug-likeness (QED) is 0.252. The molecule has 5 aromatic heterocycles. The summed E-state index contributed by atoms with van der Waals surface area (Å²) in [5, 5.41) is 10.3. The van der Waals surface area contributed by atoms with E-state index in [9.17, 15) is 4.79 Å². The van der Waals surface area contributed by atoms with Crippen LogP contribution in [0.15, 0.2) is 97.7 Å². The number of aromatic amines is 2. The zero-order chi connectivity index (χ0) is 27.1. The van der Waals surface area contributed by atoms with Gasteiger partial charge in [-0.25, -0.2) is 9.37 Å². The number of anilines is 1. The van der Waals surface area contributed by atoms with E-state index in [-0.39, 0.29) is 17.0 Å². The number of hydrogen-bond donors (Lipinski definition) is 3. The Balaban J connectivity index is 1.29. The second kappa shape index (κ2) is 9.52. The van der Waals surface area contributed by atoms with Crippen LogP contribution in [0.2, 0.25) is 0 Å². The van der Waals surface area contributed by atoms with Gasteiger partial charge in [-0.2, -0.15) is 5.10 Å². The number of nitrogens with one attached hydrogen (secondary N) is 3. The van der Waals surface area contributed by atoms with Gasteiger partial charge in [-0.3, -0.25) is 24.8 Å². The molecule has 0 fully saturated rings. The fraction of sp³-hybridized carbons (Fsp3) is 0. The number of nitrogens with zero attached hydrogens (tertiary/aromatic N) is 5. The molecule has 0 saturated carbocycles. The lowest BCUT2D eigenvalue weighted by Crippen LogP contribution is -2.11. The highest BCUT2D eigenvalue weighted by atomic mass is 19.1. The van der Waals surface area contributed by atoms with Gasteiger partial charge >= 0.3 is 0 Å². The largest absolute Gasteiger partial charge is 0.337 e. The van der Waals surface area contributed by atoms with Crippen molar-refractivity contribution in [2.75, 3.05) is 5.32 Å². The summed E-state index contributed by atoms with van der Waals surface area (Å²) in [6.07, 6.45) is 8.00. The summed E-state index contributed by atoms with van der Waals surface area (Å²) >= 11 is 0. The molecular formula is C30H19FN8O. The molecule has 5 heterocycles. The third kappa shape index (κ3) is 4.04. The van der Waals surface area contributed by atoms with Crippen LogP contribution >= 0.6 is 0 Å². The smallest absolute Gasteiger partial charge is 0.255 e. The molecule has 3 N–H and O–H groups in total. The molecule has 0 aliphatic rings. The van der Waals surface area contributed by atoms with E-state index in [1.54, 1.807) is 42.7 Å². The number of carbonyl (C=O) groups excluding carboxylic acids is 1. The minimum Gasteiger partial charge on any atom is -0.337 e.